The lowest BCUT2D eigenvalue weighted by atomic mass is 10.2. The number of nitrogens with one attached hydrogen (secondary N) is 1. The molecule has 0 atom stereocenters. The predicted octanol–water partition coefficient (Wildman–Crippen LogP) is 4.22. The number of hydrogen-bond donors (Lipinski definition) is 1. The Kier molecular flexibility index (Phi) is 5.96. The van der Waals surface area contributed by atoms with Gasteiger partial charge in [-0.3, -0.25) is 4.79 Å². The van der Waals surface area contributed by atoms with Crippen LogP contribution in [0.2, 0.25) is 0 Å². The molecule has 1 aromatic heterocycles. The first-order valence-corrected chi connectivity index (χ1v) is 9.39. The molecule has 0 aliphatic rings. The summed E-state index contributed by atoms with van der Waals surface area (Å²) in [6, 6.07) is 17.5. The van der Waals surface area contributed by atoms with Crippen LogP contribution in [-0.4, -0.2) is 27.8 Å². The molecule has 0 bridgehead atoms. The van der Waals surface area contributed by atoms with Crippen LogP contribution < -0.4 is 10.1 Å². The maximum atomic E-state index is 12.3. The maximum Gasteiger partial charge on any atom is 0.234 e. The summed E-state index contributed by atoms with van der Waals surface area (Å²) in [5.74, 6) is 0.864. The number of hydrogen-bond acceptors (Lipinski definition) is 4. The Morgan fingerprint density at radius 2 is 1.88 bits per heavy atom. The first-order valence-electron chi connectivity index (χ1n) is 8.40. The molecule has 0 aliphatic heterocycles. The molecule has 26 heavy (non-hydrogen) atoms. The van der Waals surface area contributed by atoms with Gasteiger partial charge >= 0.3 is 0 Å². The van der Waals surface area contributed by atoms with Crippen LogP contribution in [0.5, 0.6) is 5.75 Å². The van der Waals surface area contributed by atoms with E-state index in [2.05, 4.69) is 10.3 Å². The lowest BCUT2D eigenvalue weighted by molar-refractivity contribution is -0.113. The number of thioether (sulfide) groups is 1. The fraction of sp³-hybridized carbons (Fsp3) is 0.200. The minimum absolute atomic E-state index is 0.0913. The molecule has 1 heterocycles. The molecule has 5 nitrogen and oxygen atoms in total. The number of rotatable bonds is 7. The Hall–Kier alpha value is -2.73. The van der Waals surface area contributed by atoms with Crippen molar-refractivity contribution in [3.05, 3.63) is 60.8 Å². The zero-order valence-corrected chi connectivity index (χ0v) is 15.6. The quantitative estimate of drug-likeness (QED) is 0.636. The van der Waals surface area contributed by atoms with Crippen molar-refractivity contribution in [3.63, 3.8) is 0 Å². The van der Waals surface area contributed by atoms with Crippen LogP contribution in [-0.2, 0) is 11.8 Å². The summed E-state index contributed by atoms with van der Waals surface area (Å²) in [6.45, 7) is 2.47. The summed E-state index contributed by atoms with van der Waals surface area (Å²) >= 11 is 1.41. The SMILES string of the molecule is CCOc1ccccc1NC(=O)CSc1ncc(-c2ccccc2)n1C. The summed E-state index contributed by atoms with van der Waals surface area (Å²) in [6.07, 6.45) is 1.83. The van der Waals surface area contributed by atoms with Crippen molar-refractivity contribution in [2.24, 2.45) is 7.05 Å². The summed E-state index contributed by atoms with van der Waals surface area (Å²) in [5, 5.41) is 3.70. The zero-order chi connectivity index (χ0) is 18.4. The number of para-hydroxylation sites is 2. The minimum Gasteiger partial charge on any atom is -0.492 e. The van der Waals surface area contributed by atoms with Crippen LogP contribution in [0.1, 0.15) is 6.92 Å². The number of nitrogens with zero attached hydrogens (tertiary/aromatic N) is 2. The van der Waals surface area contributed by atoms with E-state index in [1.807, 2.05) is 79.3 Å². The minimum atomic E-state index is -0.0913. The van der Waals surface area contributed by atoms with Gasteiger partial charge in [0.25, 0.3) is 0 Å². The standard InChI is InChI=1S/C20H21N3O2S/c1-3-25-18-12-8-7-11-16(18)22-19(24)14-26-20-21-13-17(23(20)2)15-9-5-4-6-10-15/h4-13H,3,14H2,1-2H3,(H,22,24). The van der Waals surface area contributed by atoms with Crippen LogP contribution in [0.3, 0.4) is 0 Å². The molecule has 2 aromatic carbocycles. The van der Waals surface area contributed by atoms with Crippen molar-refractivity contribution in [2.45, 2.75) is 12.1 Å². The number of imidazole rings is 1. The number of carbonyl (C=O) groups is 1. The first-order chi connectivity index (χ1) is 12.7. The van der Waals surface area contributed by atoms with Crippen LogP contribution in [0, 0.1) is 0 Å². The van der Waals surface area contributed by atoms with Gasteiger partial charge in [0.05, 0.1) is 29.9 Å². The second kappa shape index (κ2) is 8.58. The van der Waals surface area contributed by atoms with E-state index in [0.29, 0.717) is 18.0 Å². The number of carbonyl (C=O) groups excluding carboxylic acids is 1. The Balaban J connectivity index is 1.63. The largest absolute Gasteiger partial charge is 0.492 e. The second-order valence-corrected chi connectivity index (χ2v) is 6.56. The van der Waals surface area contributed by atoms with E-state index >= 15 is 0 Å². The lowest BCUT2D eigenvalue weighted by Crippen LogP contribution is -2.15. The molecule has 1 amide bonds. The van der Waals surface area contributed by atoms with Gasteiger partial charge in [0.2, 0.25) is 5.91 Å². The third-order valence-corrected chi connectivity index (χ3v) is 4.85. The van der Waals surface area contributed by atoms with Crippen LogP contribution in [0.4, 0.5) is 5.69 Å². The van der Waals surface area contributed by atoms with Crippen molar-refractivity contribution >= 4 is 23.4 Å². The molecule has 0 saturated carbocycles. The van der Waals surface area contributed by atoms with Crippen molar-refractivity contribution in [2.75, 3.05) is 17.7 Å². The van der Waals surface area contributed by atoms with Gasteiger partial charge in [-0.05, 0) is 24.6 Å². The highest BCUT2D eigenvalue weighted by Gasteiger charge is 2.12. The number of amides is 1. The summed E-state index contributed by atoms with van der Waals surface area (Å²) < 4.78 is 7.54. The van der Waals surface area contributed by atoms with Gasteiger partial charge in [-0.25, -0.2) is 4.98 Å². The van der Waals surface area contributed by atoms with Crippen molar-refractivity contribution < 1.29 is 9.53 Å². The fourth-order valence-electron chi connectivity index (χ4n) is 2.57. The van der Waals surface area contributed by atoms with Crippen molar-refractivity contribution in [1.82, 2.24) is 9.55 Å². The molecule has 0 radical (unpaired) electrons. The van der Waals surface area contributed by atoms with Gasteiger partial charge in [0.1, 0.15) is 5.75 Å². The highest BCUT2D eigenvalue weighted by molar-refractivity contribution is 7.99. The molecule has 0 saturated heterocycles. The second-order valence-electron chi connectivity index (χ2n) is 5.62. The lowest BCUT2D eigenvalue weighted by Gasteiger charge is -2.11. The molecule has 0 spiro atoms. The maximum absolute atomic E-state index is 12.3. The molecule has 3 rings (SSSR count). The highest BCUT2D eigenvalue weighted by Crippen LogP contribution is 2.26. The monoisotopic (exact) mass is 367 g/mol. The van der Waals surface area contributed by atoms with E-state index < -0.39 is 0 Å². The Bertz CT molecular complexity index is 878. The summed E-state index contributed by atoms with van der Waals surface area (Å²) in [4.78, 5) is 16.7. The summed E-state index contributed by atoms with van der Waals surface area (Å²) in [5.41, 5.74) is 2.81. The van der Waals surface area contributed by atoms with E-state index in [-0.39, 0.29) is 11.7 Å². The Labute approximate surface area is 157 Å². The molecule has 6 heteroatoms. The molecule has 134 valence electrons. The Morgan fingerprint density at radius 1 is 1.15 bits per heavy atom. The van der Waals surface area contributed by atoms with Gasteiger partial charge < -0.3 is 14.6 Å². The number of aromatic nitrogens is 2. The van der Waals surface area contributed by atoms with Gasteiger partial charge in [-0.15, -0.1) is 0 Å². The van der Waals surface area contributed by atoms with Gasteiger partial charge in [0, 0.05) is 7.05 Å². The zero-order valence-electron chi connectivity index (χ0n) is 14.8. The van der Waals surface area contributed by atoms with Crippen LogP contribution in [0.25, 0.3) is 11.3 Å². The van der Waals surface area contributed by atoms with Gasteiger partial charge in [0.15, 0.2) is 5.16 Å². The number of ether oxygens (including phenoxy) is 1. The van der Waals surface area contributed by atoms with E-state index in [4.69, 9.17) is 4.74 Å². The van der Waals surface area contributed by atoms with Crippen LogP contribution >= 0.6 is 11.8 Å². The van der Waals surface area contributed by atoms with E-state index in [1.54, 1.807) is 0 Å². The molecular weight excluding hydrogens is 346 g/mol. The third kappa shape index (κ3) is 4.26. The molecule has 0 unspecified atom stereocenters. The predicted molar refractivity (Wildman–Crippen MR) is 106 cm³/mol. The van der Waals surface area contributed by atoms with Crippen LogP contribution in [0.15, 0.2) is 66.0 Å². The molecule has 0 aliphatic carbocycles. The normalized spacial score (nSPS) is 10.5. The first kappa shape index (κ1) is 18.1. The van der Waals surface area contributed by atoms with Crippen molar-refractivity contribution in [1.29, 1.82) is 0 Å². The van der Waals surface area contributed by atoms with E-state index in [9.17, 15) is 4.79 Å². The molecule has 1 N–H and O–H groups in total. The van der Waals surface area contributed by atoms with Crippen molar-refractivity contribution in [3.8, 4) is 17.0 Å². The average molecular weight is 367 g/mol. The number of benzene rings is 2. The van der Waals surface area contributed by atoms with E-state index in [1.165, 1.54) is 11.8 Å². The van der Waals surface area contributed by atoms with E-state index in [0.717, 1.165) is 16.4 Å². The highest BCUT2D eigenvalue weighted by atomic mass is 32.2. The average Bonchev–Trinajstić information content (AvgIpc) is 3.03. The Morgan fingerprint density at radius 3 is 2.65 bits per heavy atom. The molecule has 3 aromatic rings. The smallest absolute Gasteiger partial charge is 0.234 e. The summed E-state index contributed by atoms with van der Waals surface area (Å²) in [7, 11) is 1.96. The topological polar surface area (TPSA) is 56.1 Å². The fourth-order valence-corrected chi connectivity index (χ4v) is 3.32. The van der Waals surface area contributed by atoms with Gasteiger partial charge in [-0.2, -0.15) is 0 Å². The molecule has 0 fully saturated rings. The molecular formula is C20H21N3O2S. The number of anilines is 1. The van der Waals surface area contributed by atoms with Gasteiger partial charge in [-0.1, -0.05) is 54.2 Å². The third-order valence-electron chi connectivity index (χ3n) is 3.81.